The molecule has 1 amide bonds. The molecule has 3 heteroatoms. The van der Waals surface area contributed by atoms with E-state index in [1.807, 2.05) is 29.7 Å². The minimum Gasteiger partial charge on any atom is -0.313 e. The number of benzene rings is 1. The van der Waals surface area contributed by atoms with E-state index < -0.39 is 0 Å². The maximum Gasteiger partial charge on any atom is 0.255 e. The van der Waals surface area contributed by atoms with Gasteiger partial charge in [0.15, 0.2) is 0 Å². The molecule has 0 unspecified atom stereocenters. The Morgan fingerprint density at radius 1 is 1.19 bits per heavy atom. The van der Waals surface area contributed by atoms with Crippen molar-refractivity contribution in [3.8, 4) is 0 Å². The molecular weight excluding hydrogens is 338 g/mol. The molecule has 2 nitrogen and oxygen atoms in total. The average molecular weight is 372 g/mol. The lowest BCUT2D eigenvalue weighted by Gasteiger charge is -2.27. The Bertz CT molecular complexity index is 625. The van der Waals surface area contributed by atoms with Crippen molar-refractivity contribution < 1.29 is 4.79 Å². The summed E-state index contributed by atoms with van der Waals surface area (Å²) >= 11 is 1.90. The van der Waals surface area contributed by atoms with Gasteiger partial charge in [-0.2, -0.15) is 0 Å². The average Bonchev–Trinajstić information content (AvgIpc) is 2.70. The second-order valence-corrected chi connectivity index (χ2v) is 8.15. The Labute approximate surface area is 163 Å². The number of unbranched alkanes of at least 4 members (excludes halogenated alkanes) is 2. The Kier molecular flexibility index (Phi) is 9.04. The lowest BCUT2D eigenvalue weighted by Crippen LogP contribution is -2.33. The van der Waals surface area contributed by atoms with Crippen molar-refractivity contribution >= 4 is 17.7 Å². The molecule has 1 saturated heterocycles. The minimum atomic E-state index is 0.213. The van der Waals surface area contributed by atoms with E-state index in [1.54, 1.807) is 0 Å². The summed E-state index contributed by atoms with van der Waals surface area (Å²) in [5.74, 6) is 1.35. The van der Waals surface area contributed by atoms with Crippen LogP contribution in [-0.4, -0.2) is 23.1 Å². The maximum absolute atomic E-state index is 13.6. The zero-order valence-corrected chi connectivity index (χ0v) is 17.4. The largest absolute Gasteiger partial charge is 0.313 e. The second-order valence-electron chi connectivity index (χ2n) is 6.96. The van der Waals surface area contributed by atoms with E-state index in [0.717, 1.165) is 42.8 Å². The fourth-order valence-electron chi connectivity index (χ4n) is 3.26. The molecular formula is C23H33NOS. The van der Waals surface area contributed by atoms with Crippen molar-refractivity contribution in [2.24, 2.45) is 0 Å². The number of thioether (sulfide) groups is 1. The third-order valence-electron chi connectivity index (χ3n) is 4.97. The molecule has 1 aromatic carbocycles. The summed E-state index contributed by atoms with van der Waals surface area (Å²) in [5.41, 5.74) is 3.30. The van der Waals surface area contributed by atoms with Gasteiger partial charge in [-0.15, -0.1) is 11.8 Å². The van der Waals surface area contributed by atoms with Crippen LogP contribution in [0.4, 0.5) is 0 Å². The molecule has 0 N–H and O–H groups in total. The van der Waals surface area contributed by atoms with Crippen LogP contribution in [-0.2, 0) is 11.2 Å². The lowest BCUT2D eigenvalue weighted by molar-refractivity contribution is -0.125. The number of allylic oxidation sites excluding steroid dienone is 3. The van der Waals surface area contributed by atoms with Crippen molar-refractivity contribution in [1.29, 1.82) is 0 Å². The smallest absolute Gasteiger partial charge is 0.255 e. The van der Waals surface area contributed by atoms with Crippen LogP contribution in [0.1, 0.15) is 64.9 Å². The minimum absolute atomic E-state index is 0.213. The summed E-state index contributed by atoms with van der Waals surface area (Å²) in [6, 6.07) is 10.4. The highest BCUT2D eigenvalue weighted by molar-refractivity contribution is 8.03. The van der Waals surface area contributed by atoms with Crippen LogP contribution in [0.2, 0.25) is 0 Å². The van der Waals surface area contributed by atoms with Crippen LogP contribution in [0.3, 0.4) is 0 Å². The topological polar surface area (TPSA) is 20.3 Å². The summed E-state index contributed by atoms with van der Waals surface area (Å²) in [6.07, 6.45) is 9.71. The summed E-state index contributed by atoms with van der Waals surface area (Å²) in [7, 11) is 0. The van der Waals surface area contributed by atoms with Crippen molar-refractivity contribution in [2.75, 3.05) is 12.3 Å². The second kappa shape index (κ2) is 11.3. The van der Waals surface area contributed by atoms with E-state index in [0.29, 0.717) is 0 Å². The fourth-order valence-corrected chi connectivity index (χ4v) is 4.48. The summed E-state index contributed by atoms with van der Waals surface area (Å²) in [4.78, 5) is 16.9. The standard InChI is InChI=1S/C23H33NOS/c1-4-6-11-16-24(19(3)5-2)23(25)21(22-15-10-12-17-26-22)18-20-13-8-7-9-14-20/h5,7-9,13-14H,4,6,10-12,15-18H2,1-3H3/b19-5-,22-21+. The molecule has 1 heterocycles. The molecule has 2 rings (SSSR count). The van der Waals surface area contributed by atoms with Gasteiger partial charge >= 0.3 is 0 Å². The number of rotatable bonds is 8. The van der Waals surface area contributed by atoms with Crippen LogP contribution in [0, 0.1) is 0 Å². The van der Waals surface area contributed by atoms with Crippen molar-refractivity contribution in [1.82, 2.24) is 4.90 Å². The first-order valence-electron chi connectivity index (χ1n) is 10.0. The Balaban J connectivity index is 2.30. The molecule has 26 heavy (non-hydrogen) atoms. The fraction of sp³-hybridized carbons (Fsp3) is 0.522. The molecule has 0 atom stereocenters. The Morgan fingerprint density at radius 2 is 1.96 bits per heavy atom. The molecule has 0 saturated carbocycles. The number of carbonyl (C=O) groups is 1. The lowest BCUT2D eigenvalue weighted by atomic mass is 10.0. The van der Waals surface area contributed by atoms with Gasteiger partial charge in [0.1, 0.15) is 0 Å². The molecule has 0 aliphatic carbocycles. The molecule has 1 fully saturated rings. The van der Waals surface area contributed by atoms with Crippen LogP contribution < -0.4 is 0 Å². The number of hydrogen-bond donors (Lipinski definition) is 0. The van der Waals surface area contributed by atoms with E-state index >= 15 is 0 Å². The highest BCUT2D eigenvalue weighted by atomic mass is 32.2. The monoisotopic (exact) mass is 371 g/mol. The predicted molar refractivity (Wildman–Crippen MR) is 114 cm³/mol. The predicted octanol–water partition coefficient (Wildman–Crippen LogP) is 6.34. The summed E-state index contributed by atoms with van der Waals surface area (Å²) < 4.78 is 0. The van der Waals surface area contributed by atoms with Gasteiger partial charge in [-0.1, -0.05) is 56.2 Å². The van der Waals surface area contributed by atoms with Gasteiger partial charge in [-0.25, -0.2) is 0 Å². The van der Waals surface area contributed by atoms with E-state index in [1.165, 1.54) is 36.2 Å². The van der Waals surface area contributed by atoms with Gasteiger partial charge in [0.05, 0.1) is 0 Å². The van der Waals surface area contributed by atoms with Crippen molar-refractivity contribution in [3.63, 3.8) is 0 Å². The van der Waals surface area contributed by atoms with Gasteiger partial charge in [0.2, 0.25) is 0 Å². The number of carbonyl (C=O) groups excluding carboxylic acids is 1. The van der Waals surface area contributed by atoms with Gasteiger partial charge in [0.25, 0.3) is 5.91 Å². The molecule has 1 aromatic rings. The molecule has 1 aliphatic heterocycles. The van der Waals surface area contributed by atoms with Crippen LogP contribution in [0.5, 0.6) is 0 Å². The van der Waals surface area contributed by atoms with Gasteiger partial charge in [0, 0.05) is 24.2 Å². The van der Waals surface area contributed by atoms with Crippen LogP contribution in [0.15, 0.2) is 52.6 Å². The van der Waals surface area contributed by atoms with E-state index in [9.17, 15) is 4.79 Å². The summed E-state index contributed by atoms with van der Waals surface area (Å²) in [5, 5.41) is 0. The third kappa shape index (κ3) is 6.05. The number of amides is 1. The maximum atomic E-state index is 13.6. The molecule has 142 valence electrons. The van der Waals surface area contributed by atoms with Crippen molar-refractivity contribution in [2.45, 2.75) is 65.7 Å². The SMILES string of the molecule is C/C=C(/C)N(CCCCC)C(=O)/C(Cc1ccccc1)=C1\CCCCS1. The highest BCUT2D eigenvalue weighted by Gasteiger charge is 2.24. The van der Waals surface area contributed by atoms with Crippen LogP contribution in [0.25, 0.3) is 0 Å². The zero-order chi connectivity index (χ0) is 18.8. The Morgan fingerprint density at radius 3 is 2.58 bits per heavy atom. The zero-order valence-electron chi connectivity index (χ0n) is 16.6. The number of nitrogens with zero attached hydrogens (tertiary/aromatic N) is 1. The first kappa shape index (κ1) is 20.8. The first-order chi connectivity index (χ1) is 12.7. The molecule has 0 radical (unpaired) electrons. The van der Waals surface area contributed by atoms with E-state index in [2.05, 4.69) is 44.2 Å². The first-order valence-corrected chi connectivity index (χ1v) is 11.0. The molecule has 0 bridgehead atoms. The molecule has 1 aliphatic rings. The molecule has 0 spiro atoms. The number of hydrogen-bond acceptors (Lipinski definition) is 2. The normalized spacial score (nSPS) is 17.1. The van der Waals surface area contributed by atoms with Gasteiger partial charge in [-0.05, 0) is 55.8 Å². The van der Waals surface area contributed by atoms with Crippen LogP contribution >= 0.6 is 11.8 Å². The quantitative estimate of drug-likeness (QED) is 0.392. The van der Waals surface area contributed by atoms with E-state index in [4.69, 9.17) is 0 Å². The Hall–Kier alpha value is -1.48. The van der Waals surface area contributed by atoms with E-state index in [-0.39, 0.29) is 5.91 Å². The van der Waals surface area contributed by atoms with Crippen molar-refractivity contribution in [3.05, 3.63) is 58.1 Å². The van der Waals surface area contributed by atoms with Gasteiger partial charge in [-0.3, -0.25) is 4.79 Å². The highest BCUT2D eigenvalue weighted by Crippen LogP contribution is 2.34. The molecule has 0 aromatic heterocycles. The van der Waals surface area contributed by atoms with Gasteiger partial charge < -0.3 is 4.90 Å². The summed E-state index contributed by atoms with van der Waals surface area (Å²) in [6.45, 7) is 7.10. The third-order valence-corrected chi connectivity index (χ3v) is 6.26.